The first-order chi connectivity index (χ1) is 8.44. The molecule has 0 aromatic rings. The number of nitrogens with zero attached hydrogens (tertiary/aromatic N) is 1. The van der Waals surface area contributed by atoms with Gasteiger partial charge in [-0.15, -0.1) is 11.8 Å². The Morgan fingerprint density at radius 3 is 2.83 bits per heavy atom. The predicted octanol–water partition coefficient (Wildman–Crippen LogP) is 0.723. The normalized spacial score (nSPS) is 35.8. The van der Waals surface area contributed by atoms with Crippen molar-refractivity contribution in [2.45, 2.75) is 38.0 Å². The predicted molar refractivity (Wildman–Crippen MR) is 67.6 cm³/mol. The summed E-state index contributed by atoms with van der Waals surface area (Å²) in [7, 11) is 0. The molecular weight excluding hydrogens is 256 g/mol. The monoisotopic (exact) mass is 274 g/mol. The Morgan fingerprint density at radius 1 is 1.56 bits per heavy atom. The fourth-order valence-electron chi connectivity index (χ4n) is 2.16. The molecule has 2 amide bonds. The molecule has 2 aliphatic rings. The van der Waals surface area contributed by atoms with Gasteiger partial charge in [0.05, 0.1) is 17.5 Å². The van der Waals surface area contributed by atoms with Gasteiger partial charge in [-0.25, -0.2) is 9.59 Å². The maximum Gasteiger partial charge on any atom is 0.327 e. The highest BCUT2D eigenvalue weighted by Gasteiger charge is 2.42. The number of hydrogen-bond acceptors (Lipinski definition) is 4. The van der Waals surface area contributed by atoms with E-state index >= 15 is 0 Å². The smallest absolute Gasteiger partial charge is 0.327 e. The Labute approximate surface area is 110 Å². The van der Waals surface area contributed by atoms with Gasteiger partial charge in [-0.1, -0.05) is 0 Å². The number of amides is 2. The maximum absolute atomic E-state index is 12.1. The number of rotatable bonds is 2. The molecule has 2 rings (SSSR count). The Balaban J connectivity index is 2.01. The first-order valence-corrected chi connectivity index (χ1v) is 7.10. The van der Waals surface area contributed by atoms with Crippen LogP contribution < -0.4 is 5.32 Å². The van der Waals surface area contributed by atoms with E-state index < -0.39 is 17.6 Å². The molecule has 7 heteroatoms. The minimum atomic E-state index is -0.948. The van der Waals surface area contributed by atoms with Gasteiger partial charge in [-0.2, -0.15) is 0 Å². The first-order valence-electron chi connectivity index (χ1n) is 5.95. The number of carboxylic acid groups (broad SMARTS) is 1. The minimum absolute atomic E-state index is 0.0556. The van der Waals surface area contributed by atoms with Crippen molar-refractivity contribution >= 4 is 23.8 Å². The lowest BCUT2D eigenvalue weighted by Gasteiger charge is -2.32. The van der Waals surface area contributed by atoms with Gasteiger partial charge in [0.25, 0.3) is 0 Å². The van der Waals surface area contributed by atoms with E-state index in [1.165, 1.54) is 16.7 Å². The fourth-order valence-corrected chi connectivity index (χ4v) is 3.31. The molecule has 18 heavy (non-hydrogen) atoms. The summed E-state index contributed by atoms with van der Waals surface area (Å²) in [5.74, 6) is -0.0735. The molecule has 0 aromatic heterocycles. The molecule has 0 aromatic carbocycles. The highest BCUT2D eigenvalue weighted by atomic mass is 32.2. The summed E-state index contributed by atoms with van der Waals surface area (Å²) in [5.41, 5.74) is -0.409. The fraction of sp³-hybridized carbons (Fsp3) is 0.818. The Bertz CT molecular complexity index is 365. The van der Waals surface area contributed by atoms with E-state index in [1.807, 2.05) is 13.8 Å². The van der Waals surface area contributed by atoms with Crippen LogP contribution in [0.2, 0.25) is 0 Å². The van der Waals surface area contributed by atoms with E-state index in [-0.39, 0.29) is 12.1 Å². The summed E-state index contributed by atoms with van der Waals surface area (Å²) < 4.78 is 5.45. The number of carbonyl (C=O) groups excluding carboxylic acids is 1. The number of ether oxygens (including phenoxy) is 1. The molecular formula is C11H18N2O4S. The van der Waals surface area contributed by atoms with E-state index in [4.69, 9.17) is 9.84 Å². The molecule has 2 N–H and O–H groups in total. The SMILES string of the molecule is CC1OCCC1(C)NC(=O)N1CSC[C@H]1C(=O)O. The molecule has 2 fully saturated rings. The topological polar surface area (TPSA) is 78.9 Å². The van der Waals surface area contributed by atoms with Crippen LogP contribution >= 0.6 is 11.8 Å². The zero-order valence-electron chi connectivity index (χ0n) is 10.5. The van der Waals surface area contributed by atoms with Gasteiger partial charge in [0, 0.05) is 12.4 Å². The van der Waals surface area contributed by atoms with E-state index in [9.17, 15) is 9.59 Å². The van der Waals surface area contributed by atoms with Crippen molar-refractivity contribution in [3.05, 3.63) is 0 Å². The summed E-state index contributed by atoms with van der Waals surface area (Å²) in [6.45, 7) is 4.47. The number of nitrogens with one attached hydrogen (secondary N) is 1. The number of thioether (sulfide) groups is 1. The summed E-state index contributed by atoms with van der Waals surface area (Å²) in [5, 5.41) is 12.0. The van der Waals surface area contributed by atoms with Crippen molar-refractivity contribution in [2.75, 3.05) is 18.2 Å². The van der Waals surface area contributed by atoms with E-state index in [0.717, 1.165) is 6.42 Å². The third kappa shape index (κ3) is 2.42. The highest BCUT2D eigenvalue weighted by Crippen LogP contribution is 2.27. The molecule has 6 nitrogen and oxygen atoms in total. The van der Waals surface area contributed by atoms with Crippen LogP contribution in [-0.4, -0.2) is 57.9 Å². The van der Waals surface area contributed by atoms with Crippen molar-refractivity contribution in [2.24, 2.45) is 0 Å². The second-order valence-corrected chi connectivity index (χ2v) is 5.93. The molecule has 0 spiro atoms. The van der Waals surface area contributed by atoms with Crippen molar-refractivity contribution < 1.29 is 19.4 Å². The van der Waals surface area contributed by atoms with Crippen LogP contribution in [0.25, 0.3) is 0 Å². The molecule has 0 radical (unpaired) electrons. The van der Waals surface area contributed by atoms with Gasteiger partial charge in [-0.3, -0.25) is 0 Å². The molecule has 2 saturated heterocycles. The number of urea groups is 1. The molecule has 3 atom stereocenters. The van der Waals surface area contributed by atoms with E-state index in [0.29, 0.717) is 18.2 Å². The van der Waals surface area contributed by atoms with Crippen LogP contribution in [0, 0.1) is 0 Å². The van der Waals surface area contributed by atoms with Crippen molar-refractivity contribution in [3.63, 3.8) is 0 Å². The molecule has 102 valence electrons. The Hall–Kier alpha value is -0.950. The first kappa shape index (κ1) is 13.5. The van der Waals surface area contributed by atoms with Crippen LogP contribution in [0.1, 0.15) is 20.3 Å². The van der Waals surface area contributed by atoms with Gasteiger partial charge in [0.1, 0.15) is 6.04 Å². The van der Waals surface area contributed by atoms with Crippen LogP contribution in [0.4, 0.5) is 4.79 Å². The minimum Gasteiger partial charge on any atom is -0.480 e. The lowest BCUT2D eigenvalue weighted by atomic mass is 9.95. The largest absolute Gasteiger partial charge is 0.480 e. The molecule has 2 heterocycles. The van der Waals surface area contributed by atoms with Gasteiger partial charge in [0.2, 0.25) is 0 Å². The molecule has 0 saturated carbocycles. The summed E-state index contributed by atoms with van der Waals surface area (Å²) in [6, 6.07) is -1.04. The number of carbonyl (C=O) groups is 2. The van der Waals surface area contributed by atoms with Crippen LogP contribution in [0.3, 0.4) is 0 Å². The van der Waals surface area contributed by atoms with Crippen LogP contribution in [0.15, 0.2) is 0 Å². The molecule has 0 aliphatic carbocycles. The third-order valence-electron chi connectivity index (χ3n) is 3.71. The molecule has 2 aliphatic heterocycles. The second kappa shape index (κ2) is 4.97. The number of aliphatic carboxylic acids is 1. The summed E-state index contributed by atoms with van der Waals surface area (Å²) >= 11 is 1.46. The van der Waals surface area contributed by atoms with Crippen LogP contribution in [-0.2, 0) is 9.53 Å². The Morgan fingerprint density at radius 2 is 2.28 bits per heavy atom. The standard InChI is InChI=1S/C11H18N2O4S/c1-7-11(2,3-4-17-7)12-10(16)13-6-18-5-8(13)9(14)15/h7-8H,3-6H2,1-2H3,(H,12,16)(H,14,15)/t7?,8-,11?/m0/s1. The van der Waals surface area contributed by atoms with Crippen LogP contribution in [0.5, 0.6) is 0 Å². The average molecular weight is 274 g/mol. The van der Waals surface area contributed by atoms with Crippen molar-refractivity contribution in [3.8, 4) is 0 Å². The lowest BCUT2D eigenvalue weighted by Crippen LogP contribution is -2.57. The number of hydrogen-bond donors (Lipinski definition) is 2. The highest BCUT2D eigenvalue weighted by molar-refractivity contribution is 7.99. The Kier molecular flexibility index (Phi) is 3.72. The maximum atomic E-state index is 12.1. The average Bonchev–Trinajstić information content (AvgIpc) is 2.87. The van der Waals surface area contributed by atoms with Gasteiger partial charge >= 0.3 is 12.0 Å². The summed E-state index contributed by atoms with van der Waals surface area (Å²) in [4.78, 5) is 24.6. The van der Waals surface area contributed by atoms with E-state index in [1.54, 1.807) is 0 Å². The zero-order chi connectivity index (χ0) is 13.3. The second-order valence-electron chi connectivity index (χ2n) is 4.93. The van der Waals surface area contributed by atoms with Gasteiger partial charge in [0.15, 0.2) is 0 Å². The van der Waals surface area contributed by atoms with Crippen molar-refractivity contribution in [1.29, 1.82) is 0 Å². The summed E-state index contributed by atoms with van der Waals surface area (Å²) in [6.07, 6.45) is 0.693. The van der Waals surface area contributed by atoms with Gasteiger partial charge < -0.3 is 20.1 Å². The quantitative estimate of drug-likeness (QED) is 0.776. The van der Waals surface area contributed by atoms with E-state index in [2.05, 4.69) is 5.32 Å². The molecule has 2 unspecified atom stereocenters. The zero-order valence-corrected chi connectivity index (χ0v) is 11.3. The third-order valence-corrected chi connectivity index (χ3v) is 4.72. The number of carboxylic acids is 1. The lowest BCUT2D eigenvalue weighted by molar-refractivity contribution is -0.140. The molecule has 0 bridgehead atoms. The van der Waals surface area contributed by atoms with Gasteiger partial charge in [-0.05, 0) is 20.3 Å². The van der Waals surface area contributed by atoms with Crippen molar-refractivity contribution in [1.82, 2.24) is 10.2 Å².